The Kier molecular flexibility index (Phi) is 4.88. The van der Waals surface area contributed by atoms with E-state index in [-0.39, 0.29) is 11.4 Å². The van der Waals surface area contributed by atoms with Crippen LogP contribution >= 0.6 is 0 Å². The normalized spacial score (nSPS) is 11.6. The van der Waals surface area contributed by atoms with E-state index in [1.807, 2.05) is 48.5 Å². The number of carboxylic acid groups (broad SMARTS) is 1. The predicted octanol–water partition coefficient (Wildman–Crippen LogP) is 2.70. The molecule has 3 N–H and O–H groups in total. The molecule has 0 atom stereocenters. The van der Waals surface area contributed by atoms with Gasteiger partial charge in [0.15, 0.2) is 5.69 Å². The van der Waals surface area contributed by atoms with Crippen LogP contribution in [0.25, 0.3) is 22.5 Å². The molecule has 0 saturated carbocycles. The fourth-order valence-electron chi connectivity index (χ4n) is 3.37. The molecule has 0 fully saturated rings. The predicted molar refractivity (Wildman–Crippen MR) is 109 cm³/mol. The number of hydrogen-bond acceptors (Lipinski definition) is 6. The molecule has 0 radical (unpaired) electrons. The minimum absolute atomic E-state index is 0.0194. The summed E-state index contributed by atoms with van der Waals surface area (Å²) in [6.45, 7) is 3.35. The fraction of sp³-hybridized carbons (Fsp3) is 0.190. The van der Waals surface area contributed by atoms with Crippen LogP contribution in [-0.2, 0) is 12.1 Å². The number of hydrogen-bond donors (Lipinski definition) is 3. The van der Waals surface area contributed by atoms with E-state index in [2.05, 4.69) is 25.6 Å². The Labute approximate surface area is 172 Å². The molecule has 0 unspecified atom stereocenters. The Morgan fingerprint density at radius 1 is 1.10 bits per heavy atom. The van der Waals surface area contributed by atoms with Gasteiger partial charge in [0.05, 0.1) is 6.33 Å². The molecule has 0 bridgehead atoms. The number of aliphatic hydroxyl groups is 1. The summed E-state index contributed by atoms with van der Waals surface area (Å²) in [5.41, 5.74) is 2.47. The summed E-state index contributed by atoms with van der Waals surface area (Å²) >= 11 is 0. The minimum atomic E-state index is -1.35. The SMILES string of the molecule is CC(C)(O)c1ncn(Cc2ccc(-c3ccccc3-c3nn[nH]n3)cc2)c1C(=O)O. The molecule has 2 aromatic heterocycles. The van der Waals surface area contributed by atoms with E-state index in [0.717, 1.165) is 22.3 Å². The Morgan fingerprint density at radius 3 is 2.40 bits per heavy atom. The molecular formula is C21H20N6O3. The number of aromatic nitrogens is 6. The largest absolute Gasteiger partial charge is 0.477 e. The minimum Gasteiger partial charge on any atom is -0.477 e. The molecule has 2 aromatic carbocycles. The van der Waals surface area contributed by atoms with Crippen molar-refractivity contribution in [3.8, 4) is 22.5 Å². The Morgan fingerprint density at radius 2 is 1.80 bits per heavy atom. The lowest BCUT2D eigenvalue weighted by atomic mass is 9.98. The summed E-state index contributed by atoms with van der Waals surface area (Å²) in [5, 5.41) is 34.0. The third-order valence-electron chi connectivity index (χ3n) is 4.75. The highest BCUT2D eigenvalue weighted by molar-refractivity contribution is 5.87. The van der Waals surface area contributed by atoms with Gasteiger partial charge in [0.1, 0.15) is 11.3 Å². The first-order chi connectivity index (χ1) is 14.3. The third-order valence-corrected chi connectivity index (χ3v) is 4.75. The number of aromatic amines is 1. The highest BCUT2D eigenvalue weighted by Crippen LogP contribution is 2.30. The lowest BCUT2D eigenvalue weighted by molar-refractivity contribution is 0.0602. The van der Waals surface area contributed by atoms with Crippen molar-refractivity contribution in [2.45, 2.75) is 26.0 Å². The van der Waals surface area contributed by atoms with Crippen molar-refractivity contribution in [2.75, 3.05) is 0 Å². The number of tetrazole rings is 1. The molecule has 0 saturated heterocycles. The number of carboxylic acids is 1. The van der Waals surface area contributed by atoms with Crippen LogP contribution in [-0.4, -0.2) is 46.4 Å². The van der Waals surface area contributed by atoms with Gasteiger partial charge in [-0.15, -0.1) is 10.2 Å². The monoisotopic (exact) mass is 404 g/mol. The maximum atomic E-state index is 11.7. The van der Waals surface area contributed by atoms with Crippen molar-refractivity contribution in [1.29, 1.82) is 0 Å². The van der Waals surface area contributed by atoms with Crippen LogP contribution in [0.3, 0.4) is 0 Å². The quantitative estimate of drug-likeness (QED) is 0.450. The molecule has 0 amide bonds. The van der Waals surface area contributed by atoms with Gasteiger partial charge in [-0.2, -0.15) is 5.21 Å². The van der Waals surface area contributed by atoms with Gasteiger partial charge in [0.2, 0.25) is 5.82 Å². The number of carbonyl (C=O) groups is 1. The van der Waals surface area contributed by atoms with Crippen LogP contribution in [0, 0.1) is 0 Å². The molecule has 0 aliphatic heterocycles. The van der Waals surface area contributed by atoms with E-state index in [0.29, 0.717) is 12.4 Å². The summed E-state index contributed by atoms with van der Waals surface area (Å²) in [4.78, 5) is 15.9. The second-order valence-electron chi connectivity index (χ2n) is 7.41. The van der Waals surface area contributed by atoms with E-state index in [4.69, 9.17) is 0 Å². The fourth-order valence-corrected chi connectivity index (χ4v) is 3.37. The van der Waals surface area contributed by atoms with E-state index in [1.54, 1.807) is 0 Å². The van der Waals surface area contributed by atoms with Crippen molar-refractivity contribution in [2.24, 2.45) is 0 Å². The molecule has 4 aromatic rings. The Bertz CT molecular complexity index is 1170. The maximum Gasteiger partial charge on any atom is 0.354 e. The molecule has 0 spiro atoms. The first kappa shape index (κ1) is 19.5. The molecule has 9 nitrogen and oxygen atoms in total. The number of nitrogens with one attached hydrogen (secondary N) is 1. The molecule has 2 heterocycles. The number of H-pyrrole nitrogens is 1. The van der Waals surface area contributed by atoms with Gasteiger partial charge in [0, 0.05) is 12.1 Å². The van der Waals surface area contributed by atoms with Crippen LogP contribution in [0.4, 0.5) is 0 Å². The van der Waals surface area contributed by atoms with E-state index in [9.17, 15) is 15.0 Å². The summed E-state index contributed by atoms with van der Waals surface area (Å²) in [6.07, 6.45) is 1.44. The van der Waals surface area contributed by atoms with Gasteiger partial charge in [-0.05, 0) is 35.8 Å². The smallest absolute Gasteiger partial charge is 0.354 e. The van der Waals surface area contributed by atoms with Crippen molar-refractivity contribution in [3.63, 3.8) is 0 Å². The van der Waals surface area contributed by atoms with Gasteiger partial charge in [-0.3, -0.25) is 0 Å². The second kappa shape index (κ2) is 7.53. The van der Waals surface area contributed by atoms with Crippen molar-refractivity contribution < 1.29 is 15.0 Å². The van der Waals surface area contributed by atoms with Crippen molar-refractivity contribution in [3.05, 3.63) is 71.8 Å². The molecule has 0 aliphatic carbocycles. The van der Waals surface area contributed by atoms with Gasteiger partial charge >= 0.3 is 5.97 Å². The number of rotatable bonds is 6. The zero-order valence-corrected chi connectivity index (χ0v) is 16.4. The summed E-state index contributed by atoms with van der Waals surface area (Å²) in [5.74, 6) is -0.617. The molecule has 0 aliphatic rings. The van der Waals surface area contributed by atoms with Gasteiger partial charge in [0.25, 0.3) is 0 Å². The van der Waals surface area contributed by atoms with Gasteiger partial charge in [-0.25, -0.2) is 9.78 Å². The van der Waals surface area contributed by atoms with Crippen LogP contribution in [0.15, 0.2) is 54.9 Å². The number of benzene rings is 2. The van der Waals surface area contributed by atoms with Crippen LogP contribution in [0.5, 0.6) is 0 Å². The van der Waals surface area contributed by atoms with E-state index >= 15 is 0 Å². The van der Waals surface area contributed by atoms with Gasteiger partial charge < -0.3 is 14.8 Å². The second-order valence-corrected chi connectivity index (χ2v) is 7.41. The average Bonchev–Trinajstić information content (AvgIpc) is 3.38. The number of aromatic carboxylic acids is 1. The molecular weight excluding hydrogens is 384 g/mol. The van der Waals surface area contributed by atoms with E-state index < -0.39 is 11.6 Å². The molecule has 30 heavy (non-hydrogen) atoms. The summed E-state index contributed by atoms with van der Waals surface area (Å²) in [6, 6.07) is 15.5. The zero-order valence-electron chi connectivity index (χ0n) is 16.4. The Balaban J connectivity index is 1.64. The number of nitrogens with zero attached hydrogens (tertiary/aromatic N) is 5. The van der Waals surface area contributed by atoms with Crippen LogP contribution in [0.1, 0.15) is 35.6 Å². The number of imidazole rings is 1. The Hall–Kier alpha value is -3.85. The lowest BCUT2D eigenvalue weighted by Gasteiger charge is -2.16. The van der Waals surface area contributed by atoms with E-state index in [1.165, 1.54) is 24.7 Å². The summed E-state index contributed by atoms with van der Waals surface area (Å²) < 4.78 is 1.53. The average molecular weight is 404 g/mol. The van der Waals surface area contributed by atoms with Gasteiger partial charge in [-0.1, -0.05) is 48.5 Å². The lowest BCUT2D eigenvalue weighted by Crippen LogP contribution is -2.22. The van der Waals surface area contributed by atoms with Crippen LogP contribution in [0.2, 0.25) is 0 Å². The molecule has 152 valence electrons. The summed E-state index contributed by atoms with van der Waals surface area (Å²) in [7, 11) is 0. The topological polar surface area (TPSA) is 130 Å². The first-order valence-corrected chi connectivity index (χ1v) is 9.28. The maximum absolute atomic E-state index is 11.7. The highest BCUT2D eigenvalue weighted by Gasteiger charge is 2.28. The molecule has 4 rings (SSSR count). The van der Waals surface area contributed by atoms with Crippen LogP contribution < -0.4 is 0 Å². The third kappa shape index (κ3) is 3.70. The zero-order chi connectivity index (χ0) is 21.3. The first-order valence-electron chi connectivity index (χ1n) is 9.28. The van der Waals surface area contributed by atoms with Crippen molar-refractivity contribution in [1.82, 2.24) is 30.2 Å². The highest BCUT2D eigenvalue weighted by atomic mass is 16.4. The molecule has 9 heteroatoms. The standard InChI is InChI=1S/C21H20N6O3/c1-21(2,30)18-17(20(28)29)27(12-22-18)11-13-7-9-14(10-8-13)15-5-3-4-6-16(15)19-23-25-26-24-19/h3-10,12,30H,11H2,1-2H3,(H,28,29)(H,23,24,25,26). The van der Waals surface area contributed by atoms with Crippen molar-refractivity contribution >= 4 is 5.97 Å².